The molecule has 0 saturated heterocycles. The van der Waals surface area contributed by atoms with E-state index in [0.717, 1.165) is 4.88 Å². The average Bonchev–Trinajstić information content (AvgIpc) is 3.06. The van der Waals surface area contributed by atoms with E-state index in [9.17, 15) is 9.59 Å². The Labute approximate surface area is 127 Å². The van der Waals surface area contributed by atoms with Crippen molar-refractivity contribution in [2.75, 3.05) is 27.4 Å². The van der Waals surface area contributed by atoms with E-state index in [4.69, 9.17) is 9.47 Å². The second-order valence-electron chi connectivity index (χ2n) is 4.48. The smallest absolute Gasteiger partial charge is 0.340 e. The van der Waals surface area contributed by atoms with Crippen molar-refractivity contribution in [3.8, 4) is 0 Å². The highest BCUT2D eigenvalue weighted by atomic mass is 32.1. The molecular weight excluding hydrogens is 290 g/mol. The zero-order valence-electron chi connectivity index (χ0n) is 12.2. The van der Waals surface area contributed by atoms with E-state index >= 15 is 0 Å². The Balaban J connectivity index is 2.43. The normalized spacial score (nSPS) is 17.0. The number of rotatable bonds is 5. The Morgan fingerprint density at radius 2 is 2.19 bits per heavy atom. The van der Waals surface area contributed by atoms with E-state index in [1.807, 2.05) is 17.5 Å². The molecule has 1 aliphatic rings. The van der Waals surface area contributed by atoms with E-state index in [1.54, 1.807) is 25.0 Å². The molecule has 0 bridgehead atoms. The molecule has 0 aromatic carbocycles. The Morgan fingerprint density at radius 1 is 1.43 bits per heavy atom. The molecule has 1 amide bonds. The number of hydrogen-bond acceptors (Lipinski definition) is 5. The van der Waals surface area contributed by atoms with Gasteiger partial charge in [-0.3, -0.25) is 4.79 Å². The van der Waals surface area contributed by atoms with Crippen LogP contribution in [0.1, 0.15) is 11.8 Å². The summed E-state index contributed by atoms with van der Waals surface area (Å²) in [4.78, 5) is 27.0. The van der Waals surface area contributed by atoms with Crippen molar-refractivity contribution in [1.82, 2.24) is 4.90 Å². The third-order valence-electron chi connectivity index (χ3n) is 3.25. The van der Waals surface area contributed by atoms with Crippen LogP contribution in [0.15, 0.2) is 34.4 Å². The number of thiophene rings is 1. The van der Waals surface area contributed by atoms with Crippen LogP contribution in [-0.4, -0.2) is 44.1 Å². The fourth-order valence-corrected chi connectivity index (χ4v) is 2.85. The first-order chi connectivity index (χ1) is 10.1. The first kappa shape index (κ1) is 15.5. The number of carbonyl (C=O) groups is 2. The second kappa shape index (κ2) is 6.69. The van der Waals surface area contributed by atoms with Gasteiger partial charge in [-0.2, -0.15) is 0 Å². The minimum atomic E-state index is -0.497. The largest absolute Gasteiger partial charge is 0.465 e. The molecule has 1 aromatic heterocycles. The predicted molar refractivity (Wildman–Crippen MR) is 80.6 cm³/mol. The van der Waals surface area contributed by atoms with Crippen LogP contribution in [0.5, 0.6) is 0 Å². The number of amides is 1. The lowest BCUT2D eigenvalue weighted by Crippen LogP contribution is -2.28. The molecule has 2 heterocycles. The zero-order valence-corrected chi connectivity index (χ0v) is 13.0. The molecule has 6 heteroatoms. The zero-order chi connectivity index (χ0) is 15.4. The molecule has 0 fully saturated rings. The summed E-state index contributed by atoms with van der Waals surface area (Å²) in [7, 11) is 2.89. The Bertz CT molecular complexity index is 601. The molecule has 0 spiro atoms. The number of hydrogen-bond donors (Lipinski definition) is 0. The van der Waals surface area contributed by atoms with Gasteiger partial charge in [0, 0.05) is 24.2 Å². The summed E-state index contributed by atoms with van der Waals surface area (Å²) >= 11 is 1.51. The van der Waals surface area contributed by atoms with Crippen LogP contribution in [-0.2, 0) is 19.1 Å². The van der Waals surface area contributed by atoms with Crippen molar-refractivity contribution in [2.45, 2.75) is 6.92 Å². The SMILES string of the molecule is COCCN1C(=O)C(=Cc2cccs2)C(C(=O)OC)=C1C. The molecular formula is C15H17NO4S. The number of esters is 1. The molecule has 0 radical (unpaired) electrons. The van der Waals surface area contributed by atoms with Gasteiger partial charge < -0.3 is 14.4 Å². The van der Waals surface area contributed by atoms with Gasteiger partial charge in [0.2, 0.25) is 0 Å². The lowest BCUT2D eigenvalue weighted by atomic mass is 10.1. The summed E-state index contributed by atoms with van der Waals surface area (Å²) < 4.78 is 9.82. The standard InChI is InChI=1S/C15H17NO4S/c1-10-13(15(18)20-3)12(9-11-5-4-8-21-11)14(17)16(10)6-7-19-2/h4-5,8-9H,6-7H2,1-3H3. The summed E-state index contributed by atoms with van der Waals surface area (Å²) in [6.07, 6.45) is 1.73. The topological polar surface area (TPSA) is 55.8 Å². The third-order valence-corrected chi connectivity index (χ3v) is 4.07. The van der Waals surface area contributed by atoms with Crippen LogP contribution in [0.2, 0.25) is 0 Å². The van der Waals surface area contributed by atoms with Crippen molar-refractivity contribution < 1.29 is 19.1 Å². The van der Waals surface area contributed by atoms with Gasteiger partial charge in [0.15, 0.2) is 0 Å². The number of nitrogens with zero attached hydrogens (tertiary/aromatic N) is 1. The van der Waals surface area contributed by atoms with Crippen molar-refractivity contribution in [3.05, 3.63) is 39.2 Å². The average molecular weight is 307 g/mol. The van der Waals surface area contributed by atoms with E-state index < -0.39 is 5.97 Å². The molecule has 0 N–H and O–H groups in total. The molecule has 0 unspecified atom stereocenters. The Kier molecular flexibility index (Phi) is 4.93. The second-order valence-corrected chi connectivity index (χ2v) is 5.45. The van der Waals surface area contributed by atoms with Gasteiger partial charge in [-0.1, -0.05) is 6.07 Å². The van der Waals surface area contributed by atoms with E-state index in [2.05, 4.69) is 0 Å². The van der Waals surface area contributed by atoms with E-state index in [-0.39, 0.29) is 5.91 Å². The summed E-state index contributed by atoms with van der Waals surface area (Å²) in [6.45, 7) is 2.56. The lowest BCUT2D eigenvalue weighted by molar-refractivity contribution is -0.136. The Morgan fingerprint density at radius 3 is 2.76 bits per heavy atom. The molecule has 0 aliphatic carbocycles. The minimum Gasteiger partial charge on any atom is -0.465 e. The van der Waals surface area contributed by atoms with Gasteiger partial charge in [-0.15, -0.1) is 11.3 Å². The highest BCUT2D eigenvalue weighted by molar-refractivity contribution is 7.10. The number of ether oxygens (including phenoxy) is 2. The molecule has 1 aromatic rings. The van der Waals surface area contributed by atoms with Gasteiger partial charge in [-0.25, -0.2) is 4.79 Å². The summed E-state index contributed by atoms with van der Waals surface area (Å²) in [5.41, 5.74) is 1.30. The third kappa shape index (κ3) is 3.06. The minimum absolute atomic E-state index is 0.196. The summed E-state index contributed by atoms with van der Waals surface area (Å²) in [5.74, 6) is -0.693. The molecule has 21 heavy (non-hydrogen) atoms. The van der Waals surface area contributed by atoms with Crippen molar-refractivity contribution in [3.63, 3.8) is 0 Å². The van der Waals surface area contributed by atoms with Gasteiger partial charge in [-0.05, 0) is 24.4 Å². The number of carbonyl (C=O) groups excluding carboxylic acids is 2. The maximum atomic E-state index is 12.5. The van der Waals surface area contributed by atoms with Crippen molar-refractivity contribution in [2.24, 2.45) is 0 Å². The monoisotopic (exact) mass is 307 g/mol. The molecule has 1 aliphatic heterocycles. The fourth-order valence-electron chi connectivity index (χ4n) is 2.20. The molecule has 0 atom stereocenters. The van der Waals surface area contributed by atoms with Crippen molar-refractivity contribution >= 4 is 29.3 Å². The van der Waals surface area contributed by atoms with Gasteiger partial charge in [0.05, 0.1) is 24.9 Å². The van der Waals surface area contributed by atoms with Gasteiger partial charge in [0.25, 0.3) is 5.91 Å². The predicted octanol–water partition coefficient (Wildman–Crippen LogP) is 2.07. The van der Waals surface area contributed by atoms with Crippen LogP contribution in [0, 0.1) is 0 Å². The maximum absolute atomic E-state index is 12.5. The van der Waals surface area contributed by atoms with E-state index in [0.29, 0.717) is 30.0 Å². The van der Waals surface area contributed by atoms with Crippen LogP contribution in [0.4, 0.5) is 0 Å². The van der Waals surface area contributed by atoms with Crippen LogP contribution in [0.25, 0.3) is 6.08 Å². The summed E-state index contributed by atoms with van der Waals surface area (Å²) in [6, 6.07) is 3.79. The molecule has 0 saturated carbocycles. The van der Waals surface area contributed by atoms with Crippen molar-refractivity contribution in [1.29, 1.82) is 0 Å². The van der Waals surface area contributed by atoms with Crippen LogP contribution in [0.3, 0.4) is 0 Å². The molecule has 5 nitrogen and oxygen atoms in total. The van der Waals surface area contributed by atoms with E-state index in [1.165, 1.54) is 18.4 Å². The lowest BCUT2D eigenvalue weighted by Gasteiger charge is -2.16. The van der Waals surface area contributed by atoms with Crippen LogP contribution < -0.4 is 0 Å². The quantitative estimate of drug-likeness (QED) is 0.617. The van der Waals surface area contributed by atoms with Gasteiger partial charge in [0.1, 0.15) is 0 Å². The molecule has 2 rings (SSSR count). The fraction of sp³-hybridized carbons (Fsp3) is 0.333. The summed E-state index contributed by atoms with van der Waals surface area (Å²) in [5, 5.41) is 1.92. The highest BCUT2D eigenvalue weighted by Crippen LogP contribution is 2.32. The first-order valence-electron chi connectivity index (χ1n) is 6.45. The maximum Gasteiger partial charge on any atom is 0.340 e. The molecule has 112 valence electrons. The first-order valence-corrected chi connectivity index (χ1v) is 7.33. The number of methoxy groups -OCH3 is 2. The Hall–Kier alpha value is -1.92. The van der Waals surface area contributed by atoms with Gasteiger partial charge >= 0.3 is 5.97 Å². The number of allylic oxidation sites excluding steroid dienone is 1. The van der Waals surface area contributed by atoms with Crippen LogP contribution >= 0.6 is 11.3 Å². The highest BCUT2D eigenvalue weighted by Gasteiger charge is 2.36.